The first kappa shape index (κ1) is 19.5. The van der Waals surface area contributed by atoms with E-state index in [0.717, 1.165) is 30.7 Å². The number of nitrogens with zero attached hydrogens (tertiary/aromatic N) is 5. The lowest BCUT2D eigenvalue weighted by Crippen LogP contribution is -2.52. The van der Waals surface area contributed by atoms with Crippen molar-refractivity contribution in [2.75, 3.05) is 28.8 Å². The molecule has 2 aliphatic rings. The van der Waals surface area contributed by atoms with E-state index in [2.05, 4.69) is 39.3 Å². The van der Waals surface area contributed by atoms with Crippen LogP contribution in [0, 0.1) is 11.6 Å². The van der Waals surface area contributed by atoms with Gasteiger partial charge in [-0.15, -0.1) is 0 Å². The third-order valence-corrected chi connectivity index (χ3v) is 5.83. The van der Waals surface area contributed by atoms with Crippen molar-refractivity contribution in [2.45, 2.75) is 51.1 Å². The maximum atomic E-state index is 13.7. The van der Waals surface area contributed by atoms with Crippen LogP contribution in [0.3, 0.4) is 0 Å². The van der Waals surface area contributed by atoms with Gasteiger partial charge in [0.25, 0.3) is 0 Å². The summed E-state index contributed by atoms with van der Waals surface area (Å²) in [6, 6.07) is 4.60. The van der Waals surface area contributed by atoms with Crippen molar-refractivity contribution in [3.63, 3.8) is 0 Å². The van der Waals surface area contributed by atoms with E-state index in [9.17, 15) is 8.78 Å². The normalized spacial score (nSPS) is 19.8. The van der Waals surface area contributed by atoms with Gasteiger partial charge < -0.3 is 9.80 Å². The minimum absolute atomic E-state index is 0.198. The van der Waals surface area contributed by atoms with Gasteiger partial charge in [0, 0.05) is 25.7 Å². The topological polar surface area (TPSA) is 56.7 Å². The van der Waals surface area contributed by atoms with Crippen LogP contribution in [0.15, 0.2) is 29.5 Å². The molecule has 4 rings (SSSR count). The van der Waals surface area contributed by atoms with Gasteiger partial charge in [0.05, 0.1) is 23.7 Å². The molecule has 1 aliphatic carbocycles. The van der Waals surface area contributed by atoms with E-state index in [-0.39, 0.29) is 5.56 Å². The average molecular weight is 400 g/mol. The summed E-state index contributed by atoms with van der Waals surface area (Å²) in [6.07, 6.45) is 8.79. The smallest absolute Gasteiger partial charge is 0.245 e. The molecule has 0 bridgehead atoms. The SMILES string of the molecule is CCC1CN(C)c2cnc(N/N=C/c3c(F)cccc3F)nc2N1C1CCCC1. The molecule has 1 atom stereocenters. The van der Waals surface area contributed by atoms with Gasteiger partial charge in [0.2, 0.25) is 5.95 Å². The third kappa shape index (κ3) is 3.88. The molecular weight excluding hydrogens is 374 g/mol. The van der Waals surface area contributed by atoms with Gasteiger partial charge >= 0.3 is 0 Å². The Kier molecular flexibility index (Phi) is 5.60. The van der Waals surface area contributed by atoms with Crippen LogP contribution in [-0.2, 0) is 0 Å². The number of likely N-dealkylation sites (N-methyl/N-ethyl adjacent to an activating group) is 1. The molecule has 0 saturated heterocycles. The molecule has 1 aliphatic heterocycles. The monoisotopic (exact) mass is 400 g/mol. The van der Waals surface area contributed by atoms with Gasteiger partial charge in [-0.1, -0.05) is 25.8 Å². The number of hydrogen-bond acceptors (Lipinski definition) is 6. The maximum Gasteiger partial charge on any atom is 0.245 e. The molecule has 1 aromatic carbocycles. The van der Waals surface area contributed by atoms with Gasteiger partial charge in [-0.05, 0) is 31.4 Å². The predicted octanol–water partition coefficient (Wildman–Crippen LogP) is 4.18. The molecule has 2 aromatic rings. The highest BCUT2D eigenvalue weighted by atomic mass is 19.1. The molecule has 6 nitrogen and oxygen atoms in total. The van der Waals surface area contributed by atoms with Gasteiger partial charge in [0.1, 0.15) is 11.6 Å². The number of anilines is 3. The zero-order valence-electron chi connectivity index (χ0n) is 16.8. The van der Waals surface area contributed by atoms with Gasteiger partial charge in [-0.2, -0.15) is 10.1 Å². The summed E-state index contributed by atoms with van der Waals surface area (Å²) in [5, 5.41) is 3.95. The highest BCUT2D eigenvalue weighted by molar-refractivity contribution is 5.81. The molecule has 1 saturated carbocycles. The van der Waals surface area contributed by atoms with Crippen molar-refractivity contribution in [3.05, 3.63) is 41.6 Å². The van der Waals surface area contributed by atoms with Crippen molar-refractivity contribution < 1.29 is 8.78 Å². The summed E-state index contributed by atoms with van der Waals surface area (Å²) in [7, 11) is 2.06. The number of hydrazone groups is 1. The lowest BCUT2D eigenvalue weighted by Gasteiger charge is -2.45. The fourth-order valence-electron chi connectivity index (χ4n) is 4.32. The van der Waals surface area contributed by atoms with Crippen LogP contribution in [0.5, 0.6) is 0 Å². The van der Waals surface area contributed by atoms with Gasteiger partial charge in [-0.3, -0.25) is 0 Å². The lowest BCUT2D eigenvalue weighted by atomic mass is 10.0. The molecule has 1 unspecified atom stereocenters. The van der Waals surface area contributed by atoms with Gasteiger partial charge in [0.15, 0.2) is 5.82 Å². The molecular formula is C21H26F2N6. The van der Waals surface area contributed by atoms with E-state index in [1.165, 1.54) is 43.9 Å². The zero-order chi connectivity index (χ0) is 20.4. The first-order valence-electron chi connectivity index (χ1n) is 10.2. The number of halogens is 2. The first-order valence-corrected chi connectivity index (χ1v) is 10.2. The summed E-state index contributed by atoms with van der Waals surface area (Å²) < 4.78 is 27.5. The number of aromatic nitrogens is 2. The molecule has 154 valence electrons. The van der Waals surface area contributed by atoms with Crippen LogP contribution in [0.25, 0.3) is 0 Å². The second-order valence-corrected chi connectivity index (χ2v) is 7.70. The third-order valence-electron chi connectivity index (χ3n) is 5.83. The fourth-order valence-corrected chi connectivity index (χ4v) is 4.32. The second kappa shape index (κ2) is 8.31. The Bertz CT molecular complexity index is 876. The van der Waals surface area contributed by atoms with Crippen molar-refractivity contribution in [1.82, 2.24) is 9.97 Å². The Morgan fingerprint density at radius 1 is 1.24 bits per heavy atom. The minimum atomic E-state index is -0.665. The average Bonchev–Trinajstić information content (AvgIpc) is 3.24. The van der Waals surface area contributed by atoms with Crippen molar-refractivity contribution in [2.24, 2.45) is 5.10 Å². The molecule has 0 spiro atoms. The van der Waals surface area contributed by atoms with E-state index in [1.807, 2.05) is 0 Å². The first-order chi connectivity index (χ1) is 14.1. The second-order valence-electron chi connectivity index (χ2n) is 7.70. The molecule has 1 N–H and O–H groups in total. The van der Waals surface area contributed by atoms with E-state index in [4.69, 9.17) is 4.98 Å². The van der Waals surface area contributed by atoms with E-state index in [1.54, 1.807) is 6.20 Å². The molecule has 1 aromatic heterocycles. The van der Waals surface area contributed by atoms with Crippen LogP contribution >= 0.6 is 0 Å². The Hall–Kier alpha value is -2.77. The summed E-state index contributed by atoms with van der Waals surface area (Å²) in [5.74, 6) is -0.115. The fraction of sp³-hybridized carbons (Fsp3) is 0.476. The zero-order valence-corrected chi connectivity index (χ0v) is 16.8. The Balaban J connectivity index is 1.61. The molecule has 0 radical (unpaired) electrons. The Morgan fingerprint density at radius 2 is 1.97 bits per heavy atom. The van der Waals surface area contributed by atoms with Crippen LogP contribution in [0.2, 0.25) is 0 Å². The lowest BCUT2D eigenvalue weighted by molar-refractivity contribution is 0.476. The Morgan fingerprint density at radius 3 is 2.66 bits per heavy atom. The minimum Gasteiger partial charge on any atom is -0.368 e. The quantitative estimate of drug-likeness (QED) is 0.603. The van der Waals surface area contributed by atoms with Crippen molar-refractivity contribution >= 4 is 23.7 Å². The molecule has 1 fully saturated rings. The maximum absolute atomic E-state index is 13.7. The van der Waals surface area contributed by atoms with Crippen LogP contribution in [-0.4, -0.2) is 41.9 Å². The van der Waals surface area contributed by atoms with E-state index < -0.39 is 11.6 Å². The summed E-state index contributed by atoms with van der Waals surface area (Å²) >= 11 is 0. The molecule has 2 heterocycles. The standard InChI is InChI=1S/C21H26F2N6/c1-3-14-13-28(2)19-12-24-21(26-20(19)29(14)15-7-4-5-8-15)27-25-11-16-17(22)9-6-10-18(16)23/h6,9-12,14-15H,3-5,7-8,13H2,1-2H3,(H,24,26,27)/b25-11+. The van der Waals surface area contributed by atoms with Crippen molar-refractivity contribution in [1.29, 1.82) is 0 Å². The molecule has 8 heteroatoms. The predicted molar refractivity (Wildman–Crippen MR) is 112 cm³/mol. The van der Waals surface area contributed by atoms with E-state index in [0.29, 0.717) is 18.0 Å². The molecule has 0 amide bonds. The van der Waals surface area contributed by atoms with Crippen LogP contribution in [0.1, 0.15) is 44.6 Å². The van der Waals surface area contributed by atoms with Crippen molar-refractivity contribution in [3.8, 4) is 0 Å². The van der Waals surface area contributed by atoms with Gasteiger partial charge in [-0.25, -0.2) is 19.2 Å². The van der Waals surface area contributed by atoms with Crippen LogP contribution < -0.4 is 15.2 Å². The Labute approximate surface area is 169 Å². The summed E-state index contributed by atoms with van der Waals surface area (Å²) in [5.41, 5.74) is 3.52. The highest BCUT2D eigenvalue weighted by Crippen LogP contribution is 2.39. The van der Waals surface area contributed by atoms with E-state index >= 15 is 0 Å². The summed E-state index contributed by atoms with van der Waals surface area (Å²) in [6.45, 7) is 3.15. The highest BCUT2D eigenvalue weighted by Gasteiger charge is 2.35. The number of nitrogens with one attached hydrogen (secondary N) is 1. The number of fused-ring (bicyclic) bond motifs is 1. The number of rotatable bonds is 5. The largest absolute Gasteiger partial charge is 0.368 e. The molecule has 29 heavy (non-hydrogen) atoms. The number of benzene rings is 1. The van der Waals surface area contributed by atoms with Crippen LogP contribution in [0.4, 0.5) is 26.2 Å². The summed E-state index contributed by atoms with van der Waals surface area (Å²) in [4.78, 5) is 13.7. The number of hydrogen-bond donors (Lipinski definition) is 1.